The molecule has 4 N–H and O–H groups in total. The van der Waals surface area contributed by atoms with E-state index in [0.717, 1.165) is 0 Å². The number of ether oxygens (including phenoxy) is 1. The maximum absolute atomic E-state index is 12.2. The fourth-order valence-corrected chi connectivity index (χ4v) is 2.06. The smallest absolute Gasteiger partial charge is 0.176 e. The SMILES string of the molecule is COc1c(N)cc(C(=O)CC(C)=O)c(N)c1C(=O)CC(C)=O. The number of ketones is 4. The summed E-state index contributed by atoms with van der Waals surface area (Å²) in [7, 11) is 1.30. The van der Waals surface area contributed by atoms with E-state index in [9.17, 15) is 19.2 Å². The van der Waals surface area contributed by atoms with Crippen LogP contribution in [0.4, 0.5) is 11.4 Å². The fraction of sp³-hybridized carbons (Fsp3) is 0.333. The molecule has 0 fully saturated rings. The third-order valence-corrected chi connectivity index (χ3v) is 2.95. The van der Waals surface area contributed by atoms with Crippen LogP contribution in [-0.4, -0.2) is 30.2 Å². The number of nitrogen functional groups attached to an aromatic ring is 2. The molecule has 7 heteroatoms. The third-order valence-electron chi connectivity index (χ3n) is 2.95. The number of nitrogens with two attached hydrogens (primary N) is 2. The van der Waals surface area contributed by atoms with E-state index in [-0.39, 0.29) is 52.7 Å². The van der Waals surface area contributed by atoms with Gasteiger partial charge >= 0.3 is 0 Å². The lowest BCUT2D eigenvalue weighted by Crippen LogP contribution is -2.16. The molecule has 0 bridgehead atoms. The van der Waals surface area contributed by atoms with Gasteiger partial charge in [-0.1, -0.05) is 0 Å². The number of benzene rings is 1. The van der Waals surface area contributed by atoms with Crippen LogP contribution in [0.1, 0.15) is 47.4 Å². The van der Waals surface area contributed by atoms with Gasteiger partial charge in [0.2, 0.25) is 0 Å². The number of rotatable bonds is 7. The lowest BCUT2D eigenvalue weighted by Gasteiger charge is -2.15. The lowest BCUT2D eigenvalue weighted by molar-refractivity contribution is -0.117. The molecule has 0 atom stereocenters. The Hall–Kier alpha value is -2.70. The molecule has 0 spiro atoms. The molecule has 0 radical (unpaired) electrons. The van der Waals surface area contributed by atoms with Crippen molar-refractivity contribution in [1.29, 1.82) is 0 Å². The molecule has 0 unspecified atom stereocenters. The summed E-state index contributed by atoms with van der Waals surface area (Å²) in [4.78, 5) is 46.5. The van der Waals surface area contributed by atoms with Gasteiger partial charge < -0.3 is 16.2 Å². The van der Waals surface area contributed by atoms with Crippen LogP contribution < -0.4 is 16.2 Å². The molecule has 0 saturated carbocycles. The Morgan fingerprint density at radius 2 is 1.50 bits per heavy atom. The van der Waals surface area contributed by atoms with E-state index < -0.39 is 11.6 Å². The van der Waals surface area contributed by atoms with E-state index in [1.807, 2.05) is 0 Å². The lowest BCUT2D eigenvalue weighted by atomic mass is 9.95. The van der Waals surface area contributed by atoms with Gasteiger partial charge in [-0.05, 0) is 19.9 Å². The highest BCUT2D eigenvalue weighted by Gasteiger charge is 2.25. The summed E-state index contributed by atoms with van der Waals surface area (Å²) in [5, 5.41) is 0. The zero-order valence-corrected chi connectivity index (χ0v) is 12.7. The normalized spacial score (nSPS) is 10.1. The standard InChI is InChI=1S/C15H18N2O5/c1-7(18)4-11(20)9-6-10(16)15(22-3)13(14(9)17)12(21)5-8(2)19/h6H,4-5,16-17H2,1-3H3. The number of hydrogen-bond donors (Lipinski definition) is 2. The monoisotopic (exact) mass is 306 g/mol. The molecule has 0 amide bonds. The molecule has 0 aliphatic rings. The highest BCUT2D eigenvalue weighted by Crippen LogP contribution is 2.35. The number of carbonyl (C=O) groups excluding carboxylic acids is 4. The van der Waals surface area contributed by atoms with Gasteiger partial charge in [-0.25, -0.2) is 0 Å². The van der Waals surface area contributed by atoms with Gasteiger partial charge in [0.25, 0.3) is 0 Å². The quantitative estimate of drug-likeness (QED) is 0.439. The summed E-state index contributed by atoms with van der Waals surface area (Å²) in [6, 6.07) is 1.27. The van der Waals surface area contributed by atoms with Crippen molar-refractivity contribution in [3.63, 3.8) is 0 Å². The van der Waals surface area contributed by atoms with E-state index in [1.54, 1.807) is 0 Å². The first-order chi connectivity index (χ1) is 10.2. The second-order valence-electron chi connectivity index (χ2n) is 4.94. The van der Waals surface area contributed by atoms with Crippen LogP contribution in [0, 0.1) is 0 Å². The number of carbonyl (C=O) groups is 4. The Kier molecular flexibility index (Phi) is 5.39. The van der Waals surface area contributed by atoms with Crippen molar-refractivity contribution < 1.29 is 23.9 Å². The Morgan fingerprint density at radius 3 is 1.95 bits per heavy atom. The average molecular weight is 306 g/mol. The average Bonchev–Trinajstić information content (AvgIpc) is 2.38. The van der Waals surface area contributed by atoms with Crippen LogP contribution in [-0.2, 0) is 9.59 Å². The summed E-state index contributed by atoms with van der Waals surface area (Å²) < 4.78 is 5.06. The summed E-state index contributed by atoms with van der Waals surface area (Å²) >= 11 is 0. The summed E-state index contributed by atoms with van der Waals surface area (Å²) in [6.07, 6.45) is -0.735. The van der Waals surface area contributed by atoms with E-state index in [4.69, 9.17) is 16.2 Å². The summed E-state index contributed by atoms with van der Waals surface area (Å²) in [5.41, 5.74) is 11.4. The van der Waals surface area contributed by atoms with E-state index in [0.29, 0.717) is 0 Å². The molecule has 0 heterocycles. The minimum absolute atomic E-state index is 0.0168. The molecular weight excluding hydrogens is 288 g/mol. The molecule has 0 aliphatic carbocycles. The van der Waals surface area contributed by atoms with E-state index in [1.165, 1.54) is 27.0 Å². The van der Waals surface area contributed by atoms with Crippen LogP contribution in [0.25, 0.3) is 0 Å². The third kappa shape index (κ3) is 3.69. The second-order valence-corrected chi connectivity index (χ2v) is 4.94. The number of methoxy groups -OCH3 is 1. The number of hydrogen-bond acceptors (Lipinski definition) is 7. The van der Waals surface area contributed by atoms with Gasteiger partial charge in [-0.15, -0.1) is 0 Å². The summed E-state index contributed by atoms with van der Waals surface area (Å²) in [5.74, 6) is -1.81. The van der Waals surface area contributed by atoms with Crippen LogP contribution in [0.2, 0.25) is 0 Å². The van der Waals surface area contributed by atoms with Crippen molar-refractivity contribution in [1.82, 2.24) is 0 Å². The predicted molar refractivity (Wildman–Crippen MR) is 81.1 cm³/mol. The minimum atomic E-state index is -0.592. The first kappa shape index (κ1) is 17.4. The number of Topliss-reactive ketones (excluding diaryl/α,β-unsaturated/α-hetero) is 4. The molecule has 118 valence electrons. The van der Waals surface area contributed by atoms with Crippen molar-refractivity contribution in [2.24, 2.45) is 0 Å². The highest BCUT2D eigenvalue weighted by atomic mass is 16.5. The molecule has 22 heavy (non-hydrogen) atoms. The Morgan fingerprint density at radius 1 is 1.00 bits per heavy atom. The molecular formula is C15H18N2O5. The molecule has 0 aliphatic heterocycles. The predicted octanol–water partition coefficient (Wildman–Crippen LogP) is 1.18. The Balaban J connectivity index is 3.49. The first-order valence-corrected chi connectivity index (χ1v) is 6.50. The zero-order valence-electron chi connectivity index (χ0n) is 12.7. The Bertz CT molecular complexity index is 664. The second kappa shape index (κ2) is 6.84. The zero-order chi connectivity index (χ0) is 17.0. The number of anilines is 2. The van der Waals surface area contributed by atoms with Crippen molar-refractivity contribution in [2.45, 2.75) is 26.7 Å². The van der Waals surface area contributed by atoms with Crippen molar-refractivity contribution >= 4 is 34.5 Å². The van der Waals surface area contributed by atoms with Gasteiger partial charge in [0.15, 0.2) is 17.3 Å². The molecule has 1 aromatic carbocycles. The van der Waals surface area contributed by atoms with E-state index in [2.05, 4.69) is 0 Å². The maximum Gasteiger partial charge on any atom is 0.176 e. The Labute approximate surface area is 127 Å². The van der Waals surface area contributed by atoms with Gasteiger partial charge in [-0.3, -0.25) is 19.2 Å². The van der Waals surface area contributed by atoms with E-state index >= 15 is 0 Å². The van der Waals surface area contributed by atoms with Crippen molar-refractivity contribution in [2.75, 3.05) is 18.6 Å². The topological polar surface area (TPSA) is 130 Å². The van der Waals surface area contributed by atoms with Gasteiger partial charge in [0.1, 0.15) is 11.6 Å². The molecule has 0 saturated heterocycles. The fourth-order valence-electron chi connectivity index (χ4n) is 2.06. The van der Waals surface area contributed by atoms with Crippen LogP contribution in [0.3, 0.4) is 0 Å². The van der Waals surface area contributed by atoms with Crippen LogP contribution in [0.15, 0.2) is 6.07 Å². The highest BCUT2D eigenvalue weighted by molar-refractivity contribution is 6.18. The van der Waals surface area contributed by atoms with Gasteiger partial charge in [0, 0.05) is 5.56 Å². The van der Waals surface area contributed by atoms with Gasteiger partial charge in [-0.2, -0.15) is 0 Å². The van der Waals surface area contributed by atoms with Gasteiger partial charge in [0.05, 0.1) is 36.9 Å². The van der Waals surface area contributed by atoms with Crippen molar-refractivity contribution in [3.8, 4) is 5.75 Å². The first-order valence-electron chi connectivity index (χ1n) is 6.50. The minimum Gasteiger partial charge on any atom is -0.494 e. The summed E-state index contributed by atoms with van der Waals surface area (Å²) in [6.45, 7) is 2.53. The largest absolute Gasteiger partial charge is 0.494 e. The molecule has 1 aromatic rings. The maximum atomic E-state index is 12.2. The molecule has 7 nitrogen and oxygen atoms in total. The van der Waals surface area contributed by atoms with Crippen molar-refractivity contribution in [3.05, 3.63) is 17.2 Å². The molecule has 0 aromatic heterocycles. The van der Waals surface area contributed by atoms with Crippen LogP contribution >= 0.6 is 0 Å². The molecule has 1 rings (SSSR count). The van der Waals surface area contributed by atoms with Crippen LogP contribution in [0.5, 0.6) is 5.75 Å².